The van der Waals surface area contributed by atoms with Gasteiger partial charge in [0.15, 0.2) is 17.7 Å². The fourth-order valence-electron chi connectivity index (χ4n) is 1.96. The van der Waals surface area contributed by atoms with E-state index in [2.05, 4.69) is 5.32 Å². The summed E-state index contributed by atoms with van der Waals surface area (Å²) in [4.78, 5) is 22.7. The molecule has 1 amide bonds. The van der Waals surface area contributed by atoms with Crippen LogP contribution in [0.25, 0.3) is 0 Å². The Balaban J connectivity index is 2.26. The Hall–Kier alpha value is -2.11. The molecule has 102 valence electrons. The number of hydrogen-bond donors (Lipinski definition) is 2. The van der Waals surface area contributed by atoms with Crippen molar-refractivity contribution in [1.29, 1.82) is 0 Å². The van der Waals surface area contributed by atoms with E-state index in [1.807, 2.05) is 0 Å². The molecule has 6 heteroatoms. The second kappa shape index (κ2) is 5.69. The smallest absolute Gasteiger partial charge is 0.339 e. The molecule has 5 nitrogen and oxygen atoms in total. The molecule has 0 spiro atoms. The number of halogens is 1. The monoisotopic (exact) mass is 267 g/mol. The van der Waals surface area contributed by atoms with Crippen molar-refractivity contribution in [1.82, 2.24) is 5.32 Å². The highest BCUT2D eigenvalue weighted by atomic mass is 19.1. The fraction of sp³-hybridized carbons (Fsp3) is 0.385. The zero-order chi connectivity index (χ0) is 13.8. The largest absolute Gasteiger partial charge is 0.478 e. The minimum atomic E-state index is -1.29. The lowest BCUT2D eigenvalue weighted by atomic mass is 10.1. The molecule has 0 bridgehead atoms. The standard InChI is InChI=1S/C13H14FNO4/c14-9-5-3-4-8(13(17)18)11(9)19-10-6-1-2-7-15-12(10)16/h3-5,10H,1-2,6-7H2,(H,15,16)(H,17,18). The van der Waals surface area contributed by atoms with Crippen molar-refractivity contribution in [3.8, 4) is 5.75 Å². The van der Waals surface area contributed by atoms with Crippen molar-refractivity contribution in [2.24, 2.45) is 0 Å². The van der Waals surface area contributed by atoms with E-state index in [0.29, 0.717) is 13.0 Å². The van der Waals surface area contributed by atoms with E-state index in [-0.39, 0.29) is 17.2 Å². The van der Waals surface area contributed by atoms with Crippen LogP contribution in [0.2, 0.25) is 0 Å². The molecule has 1 aliphatic rings. The number of carboxylic acid groups (broad SMARTS) is 1. The average molecular weight is 267 g/mol. The first-order valence-electron chi connectivity index (χ1n) is 6.06. The molecule has 19 heavy (non-hydrogen) atoms. The van der Waals surface area contributed by atoms with Gasteiger partial charge in [0.25, 0.3) is 5.91 Å². The average Bonchev–Trinajstić information content (AvgIpc) is 2.57. The Bertz CT molecular complexity index is 503. The summed E-state index contributed by atoms with van der Waals surface area (Å²) in [6, 6.07) is 3.64. The molecular weight excluding hydrogens is 253 g/mol. The number of aromatic carboxylic acids is 1. The molecule has 1 aliphatic heterocycles. The predicted octanol–water partition coefficient (Wildman–Crippen LogP) is 1.57. The molecule has 2 rings (SSSR count). The molecule has 0 aromatic heterocycles. The van der Waals surface area contributed by atoms with E-state index < -0.39 is 17.9 Å². The number of para-hydroxylation sites is 1. The number of hydrogen-bond acceptors (Lipinski definition) is 3. The molecule has 1 heterocycles. The SMILES string of the molecule is O=C(O)c1cccc(F)c1OC1CCCCNC1=O. The number of rotatable bonds is 3. The highest BCUT2D eigenvalue weighted by Gasteiger charge is 2.26. The van der Waals surface area contributed by atoms with Gasteiger partial charge in [0.05, 0.1) is 0 Å². The van der Waals surface area contributed by atoms with E-state index in [4.69, 9.17) is 9.84 Å². The number of carboxylic acids is 1. The number of benzene rings is 1. The maximum atomic E-state index is 13.7. The number of carbonyl (C=O) groups excluding carboxylic acids is 1. The van der Waals surface area contributed by atoms with Crippen LogP contribution < -0.4 is 10.1 Å². The summed E-state index contributed by atoms with van der Waals surface area (Å²) in [5, 5.41) is 11.6. The summed E-state index contributed by atoms with van der Waals surface area (Å²) in [5.74, 6) is -2.78. The lowest BCUT2D eigenvalue weighted by Crippen LogP contribution is -2.37. The van der Waals surface area contributed by atoms with Gasteiger partial charge < -0.3 is 15.2 Å². The van der Waals surface area contributed by atoms with E-state index in [0.717, 1.165) is 18.9 Å². The molecule has 0 radical (unpaired) electrons. The van der Waals surface area contributed by atoms with E-state index >= 15 is 0 Å². The van der Waals surface area contributed by atoms with Gasteiger partial charge in [-0.3, -0.25) is 4.79 Å². The van der Waals surface area contributed by atoms with E-state index in [1.54, 1.807) is 0 Å². The van der Waals surface area contributed by atoms with Crippen molar-refractivity contribution in [3.63, 3.8) is 0 Å². The number of nitrogens with one attached hydrogen (secondary N) is 1. The summed E-state index contributed by atoms with van der Waals surface area (Å²) in [6.07, 6.45) is 1.19. The Kier molecular flexibility index (Phi) is 3.99. The second-order valence-corrected chi connectivity index (χ2v) is 4.31. The summed E-state index contributed by atoms with van der Waals surface area (Å²) in [7, 11) is 0. The van der Waals surface area contributed by atoms with Gasteiger partial charge in [0.2, 0.25) is 0 Å². The molecule has 0 aliphatic carbocycles. The second-order valence-electron chi connectivity index (χ2n) is 4.31. The summed E-state index contributed by atoms with van der Waals surface area (Å²) in [5.41, 5.74) is -0.281. The van der Waals surface area contributed by atoms with Gasteiger partial charge in [-0.05, 0) is 31.4 Å². The Labute approximate surface area is 109 Å². The quantitative estimate of drug-likeness (QED) is 0.871. The van der Waals surface area contributed by atoms with Crippen molar-refractivity contribution in [2.45, 2.75) is 25.4 Å². The van der Waals surface area contributed by atoms with Crippen molar-refractivity contribution in [3.05, 3.63) is 29.6 Å². The van der Waals surface area contributed by atoms with Gasteiger partial charge in [-0.1, -0.05) is 6.07 Å². The Morgan fingerprint density at radius 2 is 2.21 bits per heavy atom. The first-order valence-corrected chi connectivity index (χ1v) is 6.06. The molecule has 2 N–H and O–H groups in total. The molecule has 1 unspecified atom stereocenters. The van der Waals surface area contributed by atoms with Gasteiger partial charge >= 0.3 is 5.97 Å². The maximum absolute atomic E-state index is 13.7. The van der Waals surface area contributed by atoms with Crippen molar-refractivity contribution >= 4 is 11.9 Å². The first kappa shape index (κ1) is 13.3. The van der Waals surface area contributed by atoms with Crippen LogP contribution in [0.4, 0.5) is 4.39 Å². The van der Waals surface area contributed by atoms with E-state index in [1.165, 1.54) is 12.1 Å². The van der Waals surface area contributed by atoms with Crippen molar-refractivity contribution in [2.75, 3.05) is 6.54 Å². The summed E-state index contributed by atoms with van der Waals surface area (Å²) >= 11 is 0. The molecule has 1 fully saturated rings. The zero-order valence-electron chi connectivity index (χ0n) is 10.2. The summed E-state index contributed by atoms with van der Waals surface area (Å²) in [6.45, 7) is 0.557. The predicted molar refractivity (Wildman–Crippen MR) is 64.6 cm³/mol. The van der Waals surface area contributed by atoms with Crippen LogP contribution in [-0.2, 0) is 4.79 Å². The van der Waals surface area contributed by atoms with E-state index in [9.17, 15) is 14.0 Å². The third-order valence-electron chi connectivity index (χ3n) is 2.94. The lowest BCUT2D eigenvalue weighted by Gasteiger charge is -2.17. The van der Waals surface area contributed by atoms with Crippen molar-refractivity contribution < 1.29 is 23.8 Å². The van der Waals surface area contributed by atoms with Crippen LogP contribution in [0.5, 0.6) is 5.75 Å². The Morgan fingerprint density at radius 3 is 2.95 bits per heavy atom. The maximum Gasteiger partial charge on any atom is 0.339 e. The highest BCUT2D eigenvalue weighted by molar-refractivity contribution is 5.91. The van der Waals surface area contributed by atoms with Gasteiger partial charge in [-0.25, -0.2) is 9.18 Å². The highest BCUT2D eigenvalue weighted by Crippen LogP contribution is 2.25. The van der Waals surface area contributed by atoms with Crippen LogP contribution in [0.15, 0.2) is 18.2 Å². The number of amides is 1. The molecular formula is C13H14FNO4. The minimum Gasteiger partial charge on any atom is -0.478 e. The van der Waals surface area contributed by atoms with Gasteiger partial charge in [0.1, 0.15) is 5.56 Å². The van der Waals surface area contributed by atoms with Gasteiger partial charge in [0, 0.05) is 6.54 Å². The molecule has 1 saturated heterocycles. The summed E-state index contributed by atoms with van der Waals surface area (Å²) < 4.78 is 19.0. The molecule has 1 aromatic carbocycles. The van der Waals surface area contributed by atoms with Gasteiger partial charge in [-0.15, -0.1) is 0 Å². The lowest BCUT2D eigenvalue weighted by molar-refractivity contribution is -0.127. The molecule has 1 atom stereocenters. The normalized spacial score (nSPS) is 19.4. The fourth-order valence-corrected chi connectivity index (χ4v) is 1.96. The number of carbonyl (C=O) groups is 2. The van der Waals surface area contributed by atoms with Crippen LogP contribution in [0.3, 0.4) is 0 Å². The van der Waals surface area contributed by atoms with Crippen LogP contribution in [0, 0.1) is 5.82 Å². The minimum absolute atomic E-state index is 0.281. The third kappa shape index (κ3) is 3.01. The zero-order valence-corrected chi connectivity index (χ0v) is 10.2. The third-order valence-corrected chi connectivity index (χ3v) is 2.94. The molecule has 1 aromatic rings. The van der Waals surface area contributed by atoms with Crippen LogP contribution in [-0.4, -0.2) is 29.6 Å². The topological polar surface area (TPSA) is 75.6 Å². The number of ether oxygens (including phenoxy) is 1. The van der Waals surface area contributed by atoms with Crippen LogP contribution in [0.1, 0.15) is 29.6 Å². The molecule has 0 saturated carbocycles. The first-order chi connectivity index (χ1) is 9.09. The Morgan fingerprint density at radius 1 is 1.42 bits per heavy atom. The van der Waals surface area contributed by atoms with Crippen LogP contribution >= 0.6 is 0 Å². The van der Waals surface area contributed by atoms with Gasteiger partial charge in [-0.2, -0.15) is 0 Å².